The summed E-state index contributed by atoms with van der Waals surface area (Å²) in [7, 11) is 0. The number of hydrogen-bond acceptors (Lipinski definition) is 8. The molecule has 5 amide bonds. The van der Waals surface area contributed by atoms with E-state index in [0.717, 1.165) is 5.56 Å². The first-order valence-corrected chi connectivity index (χ1v) is 17.1. The monoisotopic (exact) mass is 690 g/mol. The van der Waals surface area contributed by atoms with E-state index in [9.17, 15) is 39.0 Å². The van der Waals surface area contributed by atoms with Gasteiger partial charge in [0.15, 0.2) is 0 Å². The molecule has 0 aliphatic rings. The molecule has 0 aromatic heterocycles. The van der Waals surface area contributed by atoms with Crippen molar-refractivity contribution in [3.8, 4) is 0 Å². The number of carbonyl (C=O) groups excluding carboxylic acids is 5. The van der Waals surface area contributed by atoms with Crippen LogP contribution in [0.4, 0.5) is 0 Å². The van der Waals surface area contributed by atoms with Gasteiger partial charge in [0.25, 0.3) is 0 Å². The van der Waals surface area contributed by atoms with Crippen molar-refractivity contribution in [2.75, 3.05) is 6.61 Å². The number of benzene rings is 1. The van der Waals surface area contributed by atoms with Crippen molar-refractivity contribution in [1.29, 1.82) is 0 Å². The second kappa shape index (κ2) is 21.1. The number of aliphatic carboxylic acids is 1. The zero-order chi connectivity index (χ0) is 37.4. The first-order valence-electron chi connectivity index (χ1n) is 17.1. The molecule has 276 valence electrons. The first kappa shape index (κ1) is 43.0. The van der Waals surface area contributed by atoms with Crippen LogP contribution in [0.2, 0.25) is 0 Å². The minimum atomic E-state index is -1.46. The Balaban J connectivity index is 3.10. The number of aliphatic hydroxyl groups is 1. The van der Waals surface area contributed by atoms with Gasteiger partial charge in [0.1, 0.15) is 30.2 Å². The summed E-state index contributed by atoms with van der Waals surface area (Å²) in [6, 6.07) is 2.32. The molecule has 1 rings (SSSR count). The van der Waals surface area contributed by atoms with Crippen LogP contribution in [0, 0.1) is 23.7 Å². The fourth-order valence-corrected chi connectivity index (χ4v) is 5.10. The molecule has 9 N–H and O–H groups in total. The van der Waals surface area contributed by atoms with Gasteiger partial charge in [0, 0.05) is 0 Å². The highest BCUT2D eigenvalue weighted by Gasteiger charge is 2.35. The predicted molar refractivity (Wildman–Crippen MR) is 186 cm³/mol. The maximum Gasteiger partial charge on any atom is 0.326 e. The van der Waals surface area contributed by atoms with Crippen LogP contribution in [0.5, 0.6) is 0 Å². The quantitative estimate of drug-likeness (QED) is 0.0913. The minimum absolute atomic E-state index is 0.0242. The summed E-state index contributed by atoms with van der Waals surface area (Å²) < 4.78 is 0. The van der Waals surface area contributed by atoms with Gasteiger partial charge in [-0.1, -0.05) is 92.1 Å². The molecule has 0 saturated heterocycles. The van der Waals surface area contributed by atoms with Gasteiger partial charge >= 0.3 is 5.97 Å². The highest BCUT2D eigenvalue weighted by molar-refractivity contribution is 5.96. The molecule has 0 unspecified atom stereocenters. The molecule has 0 heterocycles. The minimum Gasteiger partial charge on any atom is -0.480 e. The van der Waals surface area contributed by atoms with E-state index >= 15 is 0 Å². The molecule has 0 fully saturated rings. The molecule has 0 spiro atoms. The number of amides is 5. The standard InChI is InChI=1S/C35H58N6O8/c1-9-22(8)29(34(47)40-28(21(6)7)35(48)49)41-32(45)26(16-20(4)5)38-33(46)27(18-42)39-31(44)25(15-19(2)3)37-30(43)24(36)17-23-13-11-10-12-14-23/h10-14,19-22,24-29,42H,9,15-18,36H2,1-8H3,(H,37,43)(H,38,46)(H,39,44)(H,40,47)(H,41,45)(H,48,49)/t22-,24-,25-,26-,27-,28-,29-/m0/s1. The van der Waals surface area contributed by atoms with Crippen molar-refractivity contribution in [2.45, 2.75) is 117 Å². The number of nitrogens with one attached hydrogen (secondary N) is 5. The molecule has 49 heavy (non-hydrogen) atoms. The summed E-state index contributed by atoms with van der Waals surface area (Å²) in [6.45, 7) is 13.5. The first-order chi connectivity index (χ1) is 22.9. The van der Waals surface area contributed by atoms with Crippen LogP contribution >= 0.6 is 0 Å². The van der Waals surface area contributed by atoms with Crippen molar-refractivity contribution in [2.24, 2.45) is 29.4 Å². The van der Waals surface area contributed by atoms with Crippen LogP contribution in [-0.2, 0) is 35.2 Å². The van der Waals surface area contributed by atoms with Crippen molar-refractivity contribution in [1.82, 2.24) is 26.6 Å². The molecule has 1 aromatic carbocycles. The van der Waals surface area contributed by atoms with E-state index in [2.05, 4.69) is 26.6 Å². The van der Waals surface area contributed by atoms with Gasteiger partial charge in [0.05, 0.1) is 12.6 Å². The molecular weight excluding hydrogens is 632 g/mol. The third-order valence-electron chi connectivity index (χ3n) is 8.15. The average molecular weight is 691 g/mol. The molecule has 14 nitrogen and oxygen atoms in total. The highest BCUT2D eigenvalue weighted by Crippen LogP contribution is 2.13. The van der Waals surface area contributed by atoms with Gasteiger partial charge in [-0.05, 0) is 48.5 Å². The van der Waals surface area contributed by atoms with Gasteiger partial charge in [-0.25, -0.2) is 4.79 Å². The SMILES string of the molecule is CC[C@H](C)[C@H](NC(=O)[C@H](CC(C)C)NC(=O)[C@H](CO)NC(=O)[C@H](CC(C)C)NC(=O)[C@@H](N)Cc1ccccc1)C(=O)N[C@H](C(=O)O)C(C)C. The zero-order valence-electron chi connectivity index (χ0n) is 30.1. The van der Waals surface area contributed by atoms with Gasteiger partial charge in [-0.15, -0.1) is 0 Å². The Kier molecular flexibility index (Phi) is 18.5. The summed E-state index contributed by atoms with van der Waals surface area (Å²) in [5.74, 6) is -5.55. The number of nitrogens with two attached hydrogens (primary N) is 1. The lowest BCUT2D eigenvalue weighted by Crippen LogP contribution is -2.61. The molecule has 0 bridgehead atoms. The molecule has 7 atom stereocenters. The average Bonchev–Trinajstić information content (AvgIpc) is 3.03. The number of carboxylic acid groups (broad SMARTS) is 1. The Morgan fingerprint density at radius 3 is 1.55 bits per heavy atom. The third kappa shape index (κ3) is 14.9. The van der Waals surface area contributed by atoms with Crippen LogP contribution in [-0.4, -0.2) is 88.6 Å². The molecule has 0 saturated carbocycles. The van der Waals surface area contributed by atoms with Crippen LogP contribution in [0.25, 0.3) is 0 Å². The maximum absolute atomic E-state index is 13.6. The number of hydrogen-bond donors (Lipinski definition) is 8. The molecule has 0 aliphatic heterocycles. The summed E-state index contributed by atoms with van der Waals surface area (Å²) in [5, 5.41) is 32.6. The maximum atomic E-state index is 13.6. The Bertz CT molecular complexity index is 1240. The lowest BCUT2D eigenvalue weighted by atomic mass is 9.95. The van der Waals surface area contributed by atoms with Crippen molar-refractivity contribution < 1.29 is 39.0 Å². The van der Waals surface area contributed by atoms with E-state index in [4.69, 9.17) is 5.73 Å². The highest BCUT2D eigenvalue weighted by atomic mass is 16.4. The smallest absolute Gasteiger partial charge is 0.326 e. The summed E-state index contributed by atoms with van der Waals surface area (Å²) in [5.41, 5.74) is 6.97. The Morgan fingerprint density at radius 1 is 0.653 bits per heavy atom. The number of rotatable bonds is 21. The molecule has 0 radical (unpaired) electrons. The predicted octanol–water partition coefficient (Wildman–Crippen LogP) is 0.852. The summed E-state index contributed by atoms with van der Waals surface area (Å²) >= 11 is 0. The van der Waals surface area contributed by atoms with Crippen molar-refractivity contribution >= 4 is 35.5 Å². The van der Waals surface area contributed by atoms with E-state index in [-0.39, 0.29) is 37.0 Å². The van der Waals surface area contributed by atoms with Crippen LogP contribution in [0.3, 0.4) is 0 Å². The summed E-state index contributed by atoms with van der Waals surface area (Å²) in [6.07, 6.45) is 1.13. The van der Waals surface area contributed by atoms with E-state index in [1.165, 1.54) is 0 Å². The third-order valence-corrected chi connectivity index (χ3v) is 8.15. The van der Waals surface area contributed by atoms with Gasteiger partial charge in [0.2, 0.25) is 29.5 Å². The lowest BCUT2D eigenvalue weighted by Gasteiger charge is -2.29. The van der Waals surface area contributed by atoms with Crippen LogP contribution < -0.4 is 32.3 Å². The van der Waals surface area contributed by atoms with Gasteiger partial charge in [-0.2, -0.15) is 0 Å². The lowest BCUT2D eigenvalue weighted by molar-refractivity contribution is -0.144. The second-order valence-corrected chi connectivity index (χ2v) is 13.9. The fraction of sp³-hybridized carbons (Fsp3) is 0.657. The summed E-state index contributed by atoms with van der Waals surface area (Å²) in [4.78, 5) is 78.1. The van der Waals surface area contributed by atoms with E-state index in [0.29, 0.717) is 6.42 Å². The topological polar surface area (TPSA) is 229 Å². The Hall–Kier alpha value is -4.04. The van der Waals surface area contributed by atoms with Crippen LogP contribution in [0.1, 0.15) is 80.2 Å². The zero-order valence-corrected chi connectivity index (χ0v) is 30.1. The number of aliphatic hydroxyl groups excluding tert-OH is 1. The van der Waals surface area contributed by atoms with E-state index in [1.807, 2.05) is 65.0 Å². The fourth-order valence-electron chi connectivity index (χ4n) is 5.10. The van der Waals surface area contributed by atoms with Gasteiger partial charge in [-0.3, -0.25) is 24.0 Å². The van der Waals surface area contributed by atoms with E-state index in [1.54, 1.807) is 20.8 Å². The van der Waals surface area contributed by atoms with Crippen molar-refractivity contribution in [3.63, 3.8) is 0 Å². The molecule has 1 aromatic rings. The molecule has 14 heteroatoms. The Morgan fingerprint density at radius 2 is 1.10 bits per heavy atom. The van der Waals surface area contributed by atoms with Gasteiger partial charge < -0.3 is 42.5 Å². The van der Waals surface area contributed by atoms with E-state index < -0.39 is 84.3 Å². The largest absolute Gasteiger partial charge is 0.480 e. The second-order valence-electron chi connectivity index (χ2n) is 13.9. The molecule has 0 aliphatic carbocycles. The Labute approximate surface area is 290 Å². The normalized spacial score (nSPS) is 15.7. The number of carbonyl (C=O) groups is 6. The van der Waals surface area contributed by atoms with Crippen molar-refractivity contribution in [3.05, 3.63) is 35.9 Å². The number of carboxylic acids is 1. The molecular formula is C35H58N6O8. The van der Waals surface area contributed by atoms with Crippen LogP contribution in [0.15, 0.2) is 30.3 Å².